The monoisotopic (exact) mass is 427 g/mol. The smallest absolute Gasteiger partial charge is 0.255 e. The Kier molecular flexibility index (Phi) is 5.04. The Bertz CT molecular complexity index is 1190. The molecule has 3 N–H and O–H groups in total. The van der Waals surface area contributed by atoms with Gasteiger partial charge in [0, 0.05) is 5.56 Å². The van der Waals surface area contributed by atoms with Gasteiger partial charge >= 0.3 is 0 Å². The SMILES string of the molecule is Cc1ccc(NC(=O)c2ccc([C@@H]3Nc4ccccc4S(=O)(=O)N3)cc2)c(Cl)c1. The summed E-state index contributed by atoms with van der Waals surface area (Å²) in [6, 6.07) is 18.8. The molecule has 1 aliphatic heterocycles. The summed E-state index contributed by atoms with van der Waals surface area (Å²) in [5.74, 6) is -0.301. The number of para-hydroxylation sites is 1. The maximum absolute atomic E-state index is 12.5. The number of hydrogen-bond acceptors (Lipinski definition) is 4. The standard InChI is InChI=1S/C21H18ClN3O3S/c1-13-6-11-17(16(22)12-13)24-21(26)15-9-7-14(8-10-15)20-23-18-4-2-3-5-19(18)29(27,28)25-20/h2-12,20,23,25H,1H3,(H,24,26)/t20-/m1/s1. The highest BCUT2D eigenvalue weighted by Gasteiger charge is 2.29. The Morgan fingerprint density at radius 2 is 1.76 bits per heavy atom. The number of rotatable bonds is 3. The molecule has 1 amide bonds. The topological polar surface area (TPSA) is 87.3 Å². The van der Waals surface area contributed by atoms with Crippen molar-refractivity contribution in [1.29, 1.82) is 0 Å². The Morgan fingerprint density at radius 3 is 2.48 bits per heavy atom. The number of nitrogens with one attached hydrogen (secondary N) is 3. The molecule has 1 heterocycles. The summed E-state index contributed by atoms with van der Waals surface area (Å²) in [7, 11) is -3.62. The van der Waals surface area contributed by atoms with Crippen molar-refractivity contribution < 1.29 is 13.2 Å². The highest BCUT2D eigenvalue weighted by Crippen LogP contribution is 2.31. The van der Waals surface area contributed by atoms with Gasteiger partial charge in [0.2, 0.25) is 10.0 Å². The van der Waals surface area contributed by atoms with Gasteiger partial charge in [-0.25, -0.2) is 8.42 Å². The molecule has 0 saturated heterocycles. The number of aryl methyl sites for hydroxylation is 1. The fourth-order valence-electron chi connectivity index (χ4n) is 3.12. The van der Waals surface area contributed by atoms with Crippen molar-refractivity contribution in [2.24, 2.45) is 0 Å². The first kappa shape index (κ1) is 19.4. The fourth-order valence-corrected chi connectivity index (χ4v) is 4.71. The van der Waals surface area contributed by atoms with Crippen LogP contribution < -0.4 is 15.4 Å². The third kappa shape index (κ3) is 3.98. The van der Waals surface area contributed by atoms with E-state index in [2.05, 4.69) is 15.4 Å². The van der Waals surface area contributed by atoms with E-state index in [1.165, 1.54) is 0 Å². The average Bonchev–Trinajstić information content (AvgIpc) is 2.69. The van der Waals surface area contributed by atoms with Crippen LogP contribution in [-0.4, -0.2) is 14.3 Å². The largest absolute Gasteiger partial charge is 0.364 e. The van der Waals surface area contributed by atoms with E-state index in [0.29, 0.717) is 27.5 Å². The van der Waals surface area contributed by atoms with Crippen molar-refractivity contribution >= 4 is 38.9 Å². The van der Waals surface area contributed by atoms with Gasteiger partial charge in [-0.1, -0.05) is 41.9 Å². The zero-order chi connectivity index (χ0) is 20.6. The summed E-state index contributed by atoms with van der Waals surface area (Å²) in [6.45, 7) is 1.92. The highest BCUT2D eigenvalue weighted by molar-refractivity contribution is 7.89. The van der Waals surface area contributed by atoms with E-state index in [1.807, 2.05) is 13.0 Å². The lowest BCUT2D eigenvalue weighted by Crippen LogP contribution is -2.38. The number of halogens is 1. The molecule has 0 bridgehead atoms. The molecule has 1 aliphatic rings. The van der Waals surface area contributed by atoms with Crippen LogP contribution in [0.3, 0.4) is 0 Å². The van der Waals surface area contributed by atoms with Crippen LogP contribution in [-0.2, 0) is 10.0 Å². The van der Waals surface area contributed by atoms with Crippen molar-refractivity contribution in [3.05, 3.63) is 88.4 Å². The normalized spacial score (nSPS) is 17.1. The molecule has 3 aromatic rings. The second kappa shape index (κ2) is 7.51. The third-order valence-corrected chi connectivity index (χ3v) is 6.42. The van der Waals surface area contributed by atoms with Gasteiger partial charge in [-0.2, -0.15) is 4.72 Å². The van der Waals surface area contributed by atoms with Crippen LogP contribution >= 0.6 is 11.6 Å². The molecular formula is C21H18ClN3O3S. The van der Waals surface area contributed by atoms with Gasteiger partial charge in [0.25, 0.3) is 5.91 Å². The van der Waals surface area contributed by atoms with Gasteiger partial charge in [0.15, 0.2) is 0 Å². The number of carbonyl (C=O) groups is 1. The van der Waals surface area contributed by atoms with Crippen LogP contribution in [0.25, 0.3) is 0 Å². The van der Waals surface area contributed by atoms with Crippen molar-refractivity contribution in [2.75, 3.05) is 10.6 Å². The summed E-state index contributed by atoms with van der Waals surface area (Å²) in [4.78, 5) is 12.7. The molecule has 6 nitrogen and oxygen atoms in total. The summed E-state index contributed by atoms with van der Waals surface area (Å²) in [6.07, 6.45) is -0.626. The van der Waals surface area contributed by atoms with Crippen molar-refractivity contribution in [1.82, 2.24) is 4.72 Å². The summed E-state index contributed by atoms with van der Waals surface area (Å²) >= 11 is 6.17. The molecule has 0 fully saturated rings. The summed E-state index contributed by atoms with van der Waals surface area (Å²) in [5, 5.41) is 6.41. The number of carbonyl (C=O) groups excluding carboxylic acids is 1. The van der Waals surface area contributed by atoms with Crippen LogP contribution in [0, 0.1) is 6.92 Å². The van der Waals surface area contributed by atoms with Crippen molar-refractivity contribution in [3.8, 4) is 0 Å². The van der Waals surface area contributed by atoms with E-state index in [9.17, 15) is 13.2 Å². The second-order valence-corrected chi connectivity index (χ2v) is 8.84. The van der Waals surface area contributed by atoms with E-state index >= 15 is 0 Å². The Labute approximate surface area is 174 Å². The minimum Gasteiger partial charge on any atom is -0.364 e. The first-order valence-electron chi connectivity index (χ1n) is 8.89. The minimum atomic E-state index is -3.62. The molecule has 3 aromatic carbocycles. The number of amides is 1. The van der Waals surface area contributed by atoms with Crippen LogP contribution in [0.15, 0.2) is 71.6 Å². The molecule has 8 heteroatoms. The Hall–Kier alpha value is -2.87. The van der Waals surface area contributed by atoms with E-state index < -0.39 is 16.2 Å². The predicted octanol–water partition coefficient (Wildman–Crippen LogP) is 4.30. The number of anilines is 2. The number of fused-ring (bicyclic) bond motifs is 1. The lowest BCUT2D eigenvalue weighted by atomic mass is 10.1. The van der Waals surface area contributed by atoms with E-state index in [0.717, 1.165) is 5.56 Å². The molecule has 0 aliphatic carbocycles. The van der Waals surface area contributed by atoms with E-state index in [4.69, 9.17) is 11.6 Å². The molecule has 1 atom stereocenters. The second-order valence-electron chi connectivity index (χ2n) is 6.75. The molecule has 0 unspecified atom stereocenters. The molecule has 4 rings (SSSR count). The molecule has 0 spiro atoms. The van der Waals surface area contributed by atoms with Gasteiger partial charge in [0.1, 0.15) is 11.1 Å². The lowest BCUT2D eigenvalue weighted by Gasteiger charge is -2.28. The van der Waals surface area contributed by atoms with Crippen molar-refractivity contribution in [3.63, 3.8) is 0 Å². The fraction of sp³-hybridized carbons (Fsp3) is 0.0952. The van der Waals surface area contributed by atoms with Gasteiger partial charge in [-0.3, -0.25) is 4.79 Å². The first-order chi connectivity index (χ1) is 13.8. The predicted molar refractivity (Wildman–Crippen MR) is 114 cm³/mol. The maximum atomic E-state index is 12.5. The number of hydrogen-bond donors (Lipinski definition) is 3. The molecule has 0 aromatic heterocycles. The van der Waals surface area contributed by atoms with Gasteiger partial charge in [0.05, 0.1) is 16.4 Å². The Balaban J connectivity index is 1.53. The van der Waals surface area contributed by atoms with E-state index in [1.54, 1.807) is 60.7 Å². The first-order valence-corrected chi connectivity index (χ1v) is 10.7. The van der Waals surface area contributed by atoms with Crippen LogP contribution in [0.4, 0.5) is 11.4 Å². The minimum absolute atomic E-state index is 0.210. The zero-order valence-electron chi connectivity index (χ0n) is 15.4. The van der Waals surface area contributed by atoms with Crippen LogP contribution in [0.2, 0.25) is 5.02 Å². The average molecular weight is 428 g/mol. The van der Waals surface area contributed by atoms with Gasteiger partial charge in [-0.15, -0.1) is 0 Å². The molecule has 148 valence electrons. The van der Waals surface area contributed by atoms with Crippen LogP contribution in [0.5, 0.6) is 0 Å². The highest BCUT2D eigenvalue weighted by atomic mass is 35.5. The maximum Gasteiger partial charge on any atom is 0.255 e. The quantitative estimate of drug-likeness (QED) is 0.581. The third-order valence-electron chi connectivity index (χ3n) is 4.63. The molecule has 29 heavy (non-hydrogen) atoms. The lowest BCUT2D eigenvalue weighted by molar-refractivity contribution is 0.102. The van der Waals surface area contributed by atoms with Gasteiger partial charge < -0.3 is 10.6 Å². The van der Waals surface area contributed by atoms with Crippen LogP contribution in [0.1, 0.15) is 27.7 Å². The molecule has 0 saturated carbocycles. The van der Waals surface area contributed by atoms with Crippen molar-refractivity contribution in [2.45, 2.75) is 18.0 Å². The summed E-state index contributed by atoms with van der Waals surface area (Å²) in [5.41, 5.74) is 3.19. The molecular weight excluding hydrogens is 410 g/mol. The zero-order valence-corrected chi connectivity index (χ0v) is 17.0. The van der Waals surface area contributed by atoms with Gasteiger partial charge in [-0.05, 0) is 54.4 Å². The number of sulfonamides is 1. The summed E-state index contributed by atoms with van der Waals surface area (Å²) < 4.78 is 27.5. The molecule has 0 radical (unpaired) electrons. The van der Waals surface area contributed by atoms with E-state index in [-0.39, 0.29) is 10.8 Å². The Morgan fingerprint density at radius 1 is 1.03 bits per heavy atom. The number of benzene rings is 3.